The predicted octanol–water partition coefficient (Wildman–Crippen LogP) is 3.44. The fourth-order valence-corrected chi connectivity index (χ4v) is 2.21. The van der Waals surface area contributed by atoms with Gasteiger partial charge in [-0.3, -0.25) is 9.89 Å². The average molecular weight is 320 g/mol. The number of anilines is 1. The summed E-state index contributed by atoms with van der Waals surface area (Å²) in [6.45, 7) is 3.90. The number of hydrogen-bond acceptors (Lipinski definition) is 2. The Kier molecular flexibility index (Phi) is 4.16. The van der Waals surface area contributed by atoms with Crippen molar-refractivity contribution in [2.45, 2.75) is 13.8 Å². The van der Waals surface area contributed by atoms with Crippen molar-refractivity contribution < 1.29 is 4.79 Å². The summed E-state index contributed by atoms with van der Waals surface area (Å²) in [5, 5.41) is 9.39. The largest absolute Gasteiger partial charge is 0.306 e. The molecule has 4 nitrogen and oxygen atoms in total. The van der Waals surface area contributed by atoms with Crippen LogP contribution in [0.2, 0.25) is 0 Å². The van der Waals surface area contributed by atoms with Gasteiger partial charge in [-0.05, 0) is 37.1 Å². The summed E-state index contributed by atoms with van der Waals surface area (Å²) in [7, 11) is 0. The number of rotatable bonds is 3. The maximum absolute atomic E-state index is 11.7. The van der Waals surface area contributed by atoms with Crippen molar-refractivity contribution in [3.63, 3.8) is 0 Å². The maximum Gasteiger partial charge on any atom is 0.249 e. The molecule has 1 aromatic carbocycles. The van der Waals surface area contributed by atoms with Crippen LogP contribution in [0.4, 0.5) is 5.82 Å². The van der Waals surface area contributed by atoms with E-state index in [-0.39, 0.29) is 5.91 Å². The molecule has 1 aromatic heterocycles. The van der Waals surface area contributed by atoms with Crippen molar-refractivity contribution in [2.24, 2.45) is 0 Å². The number of nitrogens with one attached hydrogen (secondary N) is 2. The van der Waals surface area contributed by atoms with Crippen LogP contribution in [0.25, 0.3) is 6.08 Å². The van der Waals surface area contributed by atoms with Gasteiger partial charge in [0.1, 0.15) is 0 Å². The van der Waals surface area contributed by atoms with E-state index in [2.05, 4.69) is 31.4 Å². The van der Waals surface area contributed by atoms with E-state index >= 15 is 0 Å². The molecule has 1 heterocycles. The highest BCUT2D eigenvalue weighted by Gasteiger charge is 2.02. The molecule has 0 fully saturated rings. The summed E-state index contributed by atoms with van der Waals surface area (Å²) in [6, 6.07) is 7.74. The van der Waals surface area contributed by atoms with E-state index in [4.69, 9.17) is 0 Å². The fraction of sp³-hybridized carbons (Fsp3) is 0.143. The average Bonchev–Trinajstić information content (AvgIpc) is 2.73. The topological polar surface area (TPSA) is 57.8 Å². The van der Waals surface area contributed by atoms with Crippen molar-refractivity contribution in [1.82, 2.24) is 10.2 Å². The van der Waals surface area contributed by atoms with Crippen LogP contribution in [0, 0.1) is 13.8 Å². The zero-order valence-electron chi connectivity index (χ0n) is 10.7. The lowest BCUT2D eigenvalue weighted by Gasteiger charge is -2.00. The van der Waals surface area contributed by atoms with Gasteiger partial charge < -0.3 is 5.32 Å². The Balaban J connectivity index is 2.03. The first-order valence-electron chi connectivity index (χ1n) is 5.82. The van der Waals surface area contributed by atoms with E-state index in [9.17, 15) is 4.79 Å². The van der Waals surface area contributed by atoms with Gasteiger partial charge in [0.05, 0.1) is 0 Å². The van der Waals surface area contributed by atoms with E-state index < -0.39 is 0 Å². The van der Waals surface area contributed by atoms with E-state index in [1.54, 1.807) is 12.1 Å². The number of H-pyrrole nitrogens is 1. The van der Waals surface area contributed by atoms with Crippen LogP contribution in [-0.4, -0.2) is 16.1 Å². The molecule has 0 radical (unpaired) electrons. The molecule has 5 heteroatoms. The highest BCUT2D eigenvalue weighted by Crippen LogP contribution is 2.19. The quantitative estimate of drug-likeness (QED) is 0.851. The summed E-state index contributed by atoms with van der Waals surface area (Å²) in [5.74, 6) is 0.314. The number of carbonyl (C=O) groups excluding carboxylic acids is 1. The number of aromatic amines is 1. The third-order valence-electron chi connectivity index (χ3n) is 2.53. The zero-order chi connectivity index (χ0) is 13.8. The van der Waals surface area contributed by atoms with Crippen molar-refractivity contribution in [1.29, 1.82) is 0 Å². The van der Waals surface area contributed by atoms with E-state index in [1.807, 2.05) is 32.0 Å². The minimum atomic E-state index is -0.209. The summed E-state index contributed by atoms with van der Waals surface area (Å²) in [4.78, 5) is 11.7. The van der Waals surface area contributed by atoms with E-state index in [1.165, 1.54) is 11.6 Å². The molecular weight excluding hydrogens is 306 g/mol. The van der Waals surface area contributed by atoms with Gasteiger partial charge in [0, 0.05) is 22.3 Å². The van der Waals surface area contributed by atoms with Gasteiger partial charge in [0.25, 0.3) is 0 Å². The molecule has 1 amide bonds. The number of halogens is 1. The van der Waals surface area contributed by atoms with E-state index in [0.29, 0.717) is 5.82 Å². The number of benzene rings is 1. The second kappa shape index (κ2) is 5.84. The van der Waals surface area contributed by atoms with Crippen molar-refractivity contribution in [3.05, 3.63) is 51.6 Å². The molecule has 0 saturated heterocycles. The van der Waals surface area contributed by atoms with E-state index in [0.717, 1.165) is 15.7 Å². The zero-order valence-corrected chi connectivity index (χ0v) is 12.3. The van der Waals surface area contributed by atoms with Crippen LogP contribution in [0.5, 0.6) is 0 Å². The van der Waals surface area contributed by atoms with Gasteiger partial charge in [-0.2, -0.15) is 5.10 Å². The van der Waals surface area contributed by atoms with Gasteiger partial charge in [-0.15, -0.1) is 0 Å². The van der Waals surface area contributed by atoms with Crippen LogP contribution >= 0.6 is 15.9 Å². The first-order valence-corrected chi connectivity index (χ1v) is 6.61. The Morgan fingerprint density at radius 1 is 1.37 bits per heavy atom. The molecule has 0 aliphatic heterocycles. The lowest BCUT2D eigenvalue weighted by atomic mass is 10.1. The lowest BCUT2D eigenvalue weighted by molar-refractivity contribution is -0.111. The Hall–Kier alpha value is -1.88. The Labute approximate surface area is 120 Å². The molecular formula is C14H14BrN3O. The molecule has 19 heavy (non-hydrogen) atoms. The van der Waals surface area contributed by atoms with Crippen LogP contribution in [0.3, 0.4) is 0 Å². The molecule has 0 aliphatic rings. The molecule has 0 saturated carbocycles. The molecule has 2 N–H and O–H groups in total. The Bertz CT molecular complexity index is 631. The molecule has 2 aromatic rings. The van der Waals surface area contributed by atoms with Crippen molar-refractivity contribution in [3.8, 4) is 0 Å². The van der Waals surface area contributed by atoms with Crippen LogP contribution in [-0.2, 0) is 4.79 Å². The first kappa shape index (κ1) is 13.5. The summed E-state index contributed by atoms with van der Waals surface area (Å²) >= 11 is 3.47. The van der Waals surface area contributed by atoms with Gasteiger partial charge >= 0.3 is 0 Å². The summed E-state index contributed by atoms with van der Waals surface area (Å²) < 4.78 is 0.965. The number of aryl methyl sites for hydroxylation is 2. The number of carbonyl (C=O) groups is 1. The molecule has 2 rings (SSSR count). The highest BCUT2D eigenvalue weighted by atomic mass is 79.9. The number of amides is 1. The minimum absolute atomic E-state index is 0.209. The first-order chi connectivity index (χ1) is 9.04. The normalized spacial score (nSPS) is 10.9. The van der Waals surface area contributed by atoms with Gasteiger partial charge in [0.15, 0.2) is 5.82 Å². The predicted molar refractivity (Wildman–Crippen MR) is 79.9 cm³/mol. The van der Waals surface area contributed by atoms with Gasteiger partial charge in [-0.25, -0.2) is 0 Å². The van der Waals surface area contributed by atoms with Crippen LogP contribution < -0.4 is 5.32 Å². The fourth-order valence-electron chi connectivity index (χ4n) is 1.58. The maximum atomic E-state index is 11.7. The SMILES string of the molecule is Cc1ccc(C=CC(=O)Nc2cc(C)[nH]n2)c(Br)c1. The molecule has 0 atom stereocenters. The van der Waals surface area contributed by atoms with Crippen LogP contribution in [0.1, 0.15) is 16.8 Å². The molecule has 0 bridgehead atoms. The molecule has 0 aliphatic carbocycles. The molecule has 0 unspecified atom stereocenters. The Morgan fingerprint density at radius 3 is 2.79 bits per heavy atom. The molecule has 0 spiro atoms. The number of aromatic nitrogens is 2. The monoisotopic (exact) mass is 319 g/mol. The number of nitrogens with zero attached hydrogens (tertiary/aromatic N) is 1. The lowest BCUT2D eigenvalue weighted by Crippen LogP contribution is -2.07. The third kappa shape index (κ3) is 3.79. The standard InChI is InChI=1S/C14H14BrN3O/c1-9-3-4-11(12(15)7-9)5-6-14(19)16-13-8-10(2)17-18-13/h3-8H,1-2H3,(H2,16,17,18,19). The van der Waals surface area contributed by atoms with Crippen molar-refractivity contribution >= 4 is 33.7 Å². The Morgan fingerprint density at radius 2 is 2.16 bits per heavy atom. The summed E-state index contributed by atoms with van der Waals surface area (Å²) in [6.07, 6.45) is 3.25. The smallest absolute Gasteiger partial charge is 0.249 e. The van der Waals surface area contributed by atoms with Crippen LogP contribution in [0.15, 0.2) is 34.8 Å². The molecule has 98 valence electrons. The minimum Gasteiger partial charge on any atom is -0.306 e. The highest BCUT2D eigenvalue weighted by molar-refractivity contribution is 9.10. The van der Waals surface area contributed by atoms with Gasteiger partial charge in [0.2, 0.25) is 5.91 Å². The second-order valence-corrected chi connectivity index (χ2v) is 5.14. The van der Waals surface area contributed by atoms with Crippen molar-refractivity contribution in [2.75, 3.05) is 5.32 Å². The summed E-state index contributed by atoms with van der Waals surface area (Å²) in [5.41, 5.74) is 3.03. The second-order valence-electron chi connectivity index (χ2n) is 4.28. The van der Waals surface area contributed by atoms with Gasteiger partial charge in [-0.1, -0.05) is 28.1 Å². The number of hydrogen-bond donors (Lipinski definition) is 2. The third-order valence-corrected chi connectivity index (χ3v) is 3.21.